The van der Waals surface area contributed by atoms with E-state index >= 15 is 0 Å². The summed E-state index contributed by atoms with van der Waals surface area (Å²) < 4.78 is 0. The Kier molecular flexibility index (Phi) is 5.11. The van der Waals surface area contributed by atoms with Crippen LogP contribution in [0, 0.1) is 4.91 Å². The highest BCUT2D eigenvalue weighted by Gasteiger charge is 2.33. The van der Waals surface area contributed by atoms with E-state index in [9.17, 15) is 9.70 Å². The number of nitrogens with one attached hydrogen (secondary N) is 2. The minimum absolute atomic E-state index is 0.0286. The second kappa shape index (κ2) is 7.23. The SMILES string of the molecule is CCC(C)(C(=O)Nc1ccc2[nH]c(C(C)(C)C)cc2c1)c1cccc(N=O)c1. The number of fused-ring (bicyclic) bond motifs is 1. The molecule has 0 bridgehead atoms. The van der Waals surface area contributed by atoms with Crippen molar-refractivity contribution in [3.05, 3.63) is 64.7 Å². The van der Waals surface area contributed by atoms with Gasteiger partial charge in [-0.2, -0.15) is 0 Å². The van der Waals surface area contributed by atoms with Gasteiger partial charge in [0, 0.05) is 27.7 Å². The number of carbonyl (C=O) groups excluding carboxylic acids is 1. The van der Waals surface area contributed by atoms with Gasteiger partial charge in [0.1, 0.15) is 5.69 Å². The average Bonchev–Trinajstić information content (AvgIpc) is 3.11. The van der Waals surface area contributed by atoms with Crippen molar-refractivity contribution in [2.45, 2.75) is 51.9 Å². The molecule has 0 saturated carbocycles. The molecule has 3 rings (SSSR count). The van der Waals surface area contributed by atoms with E-state index in [1.807, 2.05) is 38.1 Å². The first-order valence-electron chi connectivity index (χ1n) is 9.56. The fraction of sp³-hybridized carbons (Fsp3) is 0.348. The fourth-order valence-electron chi connectivity index (χ4n) is 3.29. The summed E-state index contributed by atoms with van der Waals surface area (Å²) >= 11 is 0. The monoisotopic (exact) mass is 377 g/mol. The van der Waals surface area contributed by atoms with Crippen LogP contribution in [0.2, 0.25) is 0 Å². The van der Waals surface area contributed by atoms with Crippen molar-refractivity contribution < 1.29 is 4.79 Å². The van der Waals surface area contributed by atoms with Gasteiger partial charge in [0.15, 0.2) is 0 Å². The lowest BCUT2D eigenvalue weighted by molar-refractivity contribution is -0.121. The summed E-state index contributed by atoms with van der Waals surface area (Å²) in [7, 11) is 0. The van der Waals surface area contributed by atoms with Crippen LogP contribution in [-0.2, 0) is 15.6 Å². The smallest absolute Gasteiger partial charge is 0.234 e. The Bertz CT molecular complexity index is 1030. The molecule has 0 aliphatic rings. The first kappa shape index (κ1) is 19.8. The predicted octanol–water partition coefficient (Wildman–Crippen LogP) is 6.17. The molecular weight excluding hydrogens is 350 g/mol. The maximum atomic E-state index is 13.1. The number of rotatable bonds is 5. The van der Waals surface area contributed by atoms with Crippen molar-refractivity contribution >= 4 is 28.2 Å². The molecule has 146 valence electrons. The highest BCUT2D eigenvalue weighted by atomic mass is 16.3. The van der Waals surface area contributed by atoms with E-state index < -0.39 is 5.41 Å². The van der Waals surface area contributed by atoms with E-state index in [1.54, 1.807) is 18.2 Å². The van der Waals surface area contributed by atoms with Crippen molar-refractivity contribution in [3.8, 4) is 0 Å². The van der Waals surface area contributed by atoms with Crippen LogP contribution in [0.5, 0.6) is 0 Å². The van der Waals surface area contributed by atoms with Crippen LogP contribution >= 0.6 is 0 Å². The number of hydrogen-bond donors (Lipinski definition) is 2. The molecule has 5 heteroatoms. The summed E-state index contributed by atoms with van der Waals surface area (Å²) in [5.41, 5.74) is 3.33. The molecular formula is C23H27N3O2. The summed E-state index contributed by atoms with van der Waals surface area (Å²) in [5, 5.41) is 7.10. The number of nitrogens with zero attached hydrogens (tertiary/aromatic N) is 1. The molecule has 0 fully saturated rings. The van der Waals surface area contributed by atoms with Gasteiger partial charge in [-0.05, 0) is 60.5 Å². The Balaban J connectivity index is 1.90. The molecule has 2 aromatic carbocycles. The van der Waals surface area contributed by atoms with E-state index in [4.69, 9.17) is 0 Å². The van der Waals surface area contributed by atoms with E-state index in [1.165, 1.54) is 0 Å². The number of aromatic nitrogens is 1. The zero-order chi connectivity index (χ0) is 20.5. The molecule has 1 amide bonds. The third-order valence-electron chi connectivity index (χ3n) is 5.48. The predicted molar refractivity (Wildman–Crippen MR) is 115 cm³/mol. The molecule has 0 spiro atoms. The van der Waals surface area contributed by atoms with E-state index in [0.717, 1.165) is 27.8 Å². The van der Waals surface area contributed by atoms with Crippen LogP contribution in [0.3, 0.4) is 0 Å². The molecule has 2 N–H and O–H groups in total. The van der Waals surface area contributed by atoms with Gasteiger partial charge in [-0.15, -0.1) is 4.91 Å². The molecule has 28 heavy (non-hydrogen) atoms. The van der Waals surface area contributed by atoms with Gasteiger partial charge in [-0.1, -0.05) is 39.8 Å². The van der Waals surface area contributed by atoms with Crippen molar-refractivity contribution in [1.29, 1.82) is 0 Å². The third-order valence-corrected chi connectivity index (χ3v) is 5.48. The number of anilines is 1. The van der Waals surface area contributed by atoms with Gasteiger partial charge in [0.2, 0.25) is 5.91 Å². The lowest BCUT2D eigenvalue weighted by Gasteiger charge is -2.27. The molecule has 1 unspecified atom stereocenters. The van der Waals surface area contributed by atoms with Crippen molar-refractivity contribution in [1.82, 2.24) is 4.98 Å². The van der Waals surface area contributed by atoms with Crippen molar-refractivity contribution in [2.75, 3.05) is 5.32 Å². The van der Waals surface area contributed by atoms with Crippen LogP contribution < -0.4 is 5.32 Å². The average molecular weight is 377 g/mol. The Morgan fingerprint density at radius 3 is 2.46 bits per heavy atom. The lowest BCUT2D eigenvalue weighted by atomic mass is 9.79. The summed E-state index contributed by atoms with van der Waals surface area (Å²) in [6, 6.07) is 14.9. The Morgan fingerprint density at radius 2 is 1.82 bits per heavy atom. The zero-order valence-electron chi connectivity index (χ0n) is 17.1. The van der Waals surface area contributed by atoms with Crippen LogP contribution in [0.25, 0.3) is 10.9 Å². The zero-order valence-corrected chi connectivity index (χ0v) is 17.1. The fourth-order valence-corrected chi connectivity index (χ4v) is 3.29. The van der Waals surface area contributed by atoms with Crippen LogP contribution in [0.4, 0.5) is 11.4 Å². The number of carbonyl (C=O) groups is 1. The maximum Gasteiger partial charge on any atom is 0.234 e. The third kappa shape index (κ3) is 3.70. The number of hydrogen-bond acceptors (Lipinski definition) is 3. The lowest BCUT2D eigenvalue weighted by Crippen LogP contribution is -2.37. The molecule has 1 atom stereocenters. The second-order valence-corrected chi connectivity index (χ2v) is 8.52. The van der Waals surface area contributed by atoms with Crippen molar-refractivity contribution in [3.63, 3.8) is 0 Å². The first-order valence-corrected chi connectivity index (χ1v) is 9.56. The number of benzene rings is 2. The topological polar surface area (TPSA) is 74.3 Å². The van der Waals surface area contributed by atoms with Crippen molar-refractivity contribution in [2.24, 2.45) is 5.18 Å². The van der Waals surface area contributed by atoms with Gasteiger partial charge in [-0.25, -0.2) is 0 Å². The summed E-state index contributed by atoms with van der Waals surface area (Å²) in [5.74, 6) is -0.107. The van der Waals surface area contributed by atoms with Gasteiger partial charge < -0.3 is 10.3 Å². The highest BCUT2D eigenvalue weighted by Crippen LogP contribution is 2.32. The van der Waals surface area contributed by atoms with Gasteiger partial charge >= 0.3 is 0 Å². The highest BCUT2D eigenvalue weighted by molar-refractivity contribution is 6.00. The Hall–Kier alpha value is -2.95. The Morgan fingerprint density at radius 1 is 1.07 bits per heavy atom. The normalized spacial score (nSPS) is 13.9. The summed E-state index contributed by atoms with van der Waals surface area (Å²) in [6.45, 7) is 10.3. The molecule has 5 nitrogen and oxygen atoms in total. The van der Waals surface area contributed by atoms with Gasteiger partial charge in [-0.3, -0.25) is 4.79 Å². The first-order chi connectivity index (χ1) is 13.2. The minimum Gasteiger partial charge on any atom is -0.358 e. The molecule has 1 heterocycles. The molecule has 0 aliphatic carbocycles. The van der Waals surface area contributed by atoms with Gasteiger partial charge in [0.25, 0.3) is 0 Å². The van der Waals surface area contributed by atoms with Crippen LogP contribution in [0.15, 0.2) is 53.7 Å². The van der Waals surface area contributed by atoms with E-state index in [2.05, 4.69) is 42.3 Å². The summed E-state index contributed by atoms with van der Waals surface area (Å²) in [4.78, 5) is 27.5. The van der Waals surface area contributed by atoms with E-state index in [0.29, 0.717) is 12.1 Å². The second-order valence-electron chi connectivity index (χ2n) is 8.52. The number of amides is 1. The molecule has 3 aromatic rings. The number of H-pyrrole nitrogens is 1. The number of aromatic amines is 1. The Labute approximate surface area is 165 Å². The largest absolute Gasteiger partial charge is 0.358 e. The van der Waals surface area contributed by atoms with E-state index in [-0.39, 0.29) is 11.3 Å². The maximum absolute atomic E-state index is 13.1. The molecule has 0 radical (unpaired) electrons. The van der Waals surface area contributed by atoms with Crippen LogP contribution in [-0.4, -0.2) is 10.9 Å². The van der Waals surface area contributed by atoms with Gasteiger partial charge in [0.05, 0.1) is 5.41 Å². The number of nitroso groups, excluding NO2 is 1. The molecule has 0 aliphatic heterocycles. The summed E-state index contributed by atoms with van der Waals surface area (Å²) in [6.07, 6.45) is 0.599. The minimum atomic E-state index is -0.760. The standard InChI is InChI=1S/C23H27N3O2/c1-6-23(5,16-8-7-9-18(14-16)26-28)21(27)24-17-10-11-19-15(12-17)13-20(25-19)22(2,3)4/h7-14,25H,6H2,1-5H3,(H,24,27). The quantitative estimate of drug-likeness (QED) is 0.522. The molecule has 0 saturated heterocycles. The van der Waals surface area contributed by atoms with Crippen LogP contribution in [0.1, 0.15) is 52.3 Å². The molecule has 1 aromatic heterocycles.